The van der Waals surface area contributed by atoms with Crippen molar-refractivity contribution < 1.29 is 9.90 Å². The summed E-state index contributed by atoms with van der Waals surface area (Å²) in [5.74, 6) is -0.737. The summed E-state index contributed by atoms with van der Waals surface area (Å²) in [5.41, 5.74) is 0. The molecular formula is C8H18Na2O2. The van der Waals surface area contributed by atoms with Crippen molar-refractivity contribution in [1.82, 2.24) is 0 Å². The molecule has 0 unspecified atom stereocenters. The average molecular weight is 192 g/mol. The van der Waals surface area contributed by atoms with Crippen LogP contribution < -0.4 is 0 Å². The van der Waals surface area contributed by atoms with Gasteiger partial charge in [0.15, 0.2) is 0 Å². The molecule has 0 heterocycles. The van der Waals surface area contributed by atoms with Gasteiger partial charge < -0.3 is 5.11 Å². The molecule has 0 rings (SSSR count). The van der Waals surface area contributed by atoms with Crippen LogP contribution in [-0.4, -0.2) is 70.2 Å². The second-order valence-corrected chi connectivity index (χ2v) is 2.61. The first-order chi connectivity index (χ1) is 4.72. The molecule has 0 aromatic rings. The van der Waals surface area contributed by atoms with Crippen molar-refractivity contribution in [1.29, 1.82) is 0 Å². The molecule has 1 N–H and O–H groups in total. The van der Waals surface area contributed by atoms with Crippen LogP contribution in [0.3, 0.4) is 0 Å². The van der Waals surface area contributed by atoms with Gasteiger partial charge in [0.05, 0.1) is 5.92 Å². The normalized spacial score (nSPS) is 8.58. The first kappa shape index (κ1) is 19.1. The third-order valence-corrected chi connectivity index (χ3v) is 1.62. The zero-order valence-corrected chi connectivity index (χ0v) is 6.76. The number of carbonyl (C=O) groups is 1. The molecule has 0 saturated heterocycles. The van der Waals surface area contributed by atoms with Crippen LogP contribution in [0.25, 0.3) is 0 Å². The molecule has 0 fully saturated rings. The monoisotopic (exact) mass is 192 g/mol. The van der Waals surface area contributed by atoms with E-state index in [-0.39, 0.29) is 65.0 Å². The summed E-state index contributed by atoms with van der Waals surface area (Å²) in [6, 6.07) is 0. The van der Waals surface area contributed by atoms with Crippen LogP contribution in [0.1, 0.15) is 39.5 Å². The molecule has 64 valence electrons. The molecular weight excluding hydrogens is 174 g/mol. The topological polar surface area (TPSA) is 37.3 Å². The summed E-state index contributed by atoms with van der Waals surface area (Å²) in [4.78, 5) is 10.5. The molecule has 0 bridgehead atoms. The second kappa shape index (κ2) is 12.5. The molecule has 0 atom stereocenters. The molecule has 0 aromatic heterocycles. The van der Waals surface area contributed by atoms with E-state index in [1.165, 1.54) is 0 Å². The Bertz CT molecular complexity index is 101. The van der Waals surface area contributed by atoms with Gasteiger partial charge in [0.25, 0.3) is 0 Å². The van der Waals surface area contributed by atoms with Crippen LogP contribution in [0, 0.1) is 5.92 Å². The summed E-state index contributed by atoms with van der Waals surface area (Å²) in [6.45, 7) is 4.04. The van der Waals surface area contributed by atoms with E-state index >= 15 is 0 Å². The van der Waals surface area contributed by atoms with Gasteiger partial charge in [-0.3, -0.25) is 4.79 Å². The van der Waals surface area contributed by atoms with E-state index in [1.807, 2.05) is 13.8 Å². The van der Waals surface area contributed by atoms with Gasteiger partial charge in [0, 0.05) is 0 Å². The number of carboxylic acids is 1. The summed E-state index contributed by atoms with van der Waals surface area (Å²) in [7, 11) is 0. The van der Waals surface area contributed by atoms with Crippen molar-refractivity contribution in [2.75, 3.05) is 0 Å². The van der Waals surface area contributed by atoms with Crippen LogP contribution in [0.2, 0.25) is 0 Å². The number of carboxylic acid groups (broad SMARTS) is 1. The van der Waals surface area contributed by atoms with E-state index in [1.54, 1.807) is 0 Å². The van der Waals surface area contributed by atoms with E-state index in [2.05, 4.69) is 0 Å². The van der Waals surface area contributed by atoms with Crippen LogP contribution in [-0.2, 0) is 4.79 Å². The van der Waals surface area contributed by atoms with E-state index in [0.29, 0.717) is 0 Å². The Hall–Kier alpha value is 1.47. The Labute approximate surface area is 119 Å². The Morgan fingerprint density at radius 1 is 1.17 bits per heavy atom. The summed E-state index contributed by atoms with van der Waals surface area (Å²) >= 11 is 0. The first-order valence-electron chi connectivity index (χ1n) is 3.95. The quantitative estimate of drug-likeness (QED) is 0.659. The van der Waals surface area contributed by atoms with E-state index in [4.69, 9.17) is 5.11 Å². The van der Waals surface area contributed by atoms with Gasteiger partial charge in [-0.05, 0) is 12.8 Å². The Balaban J connectivity index is -0.000000405. The molecule has 0 spiro atoms. The Morgan fingerprint density at radius 2 is 1.50 bits per heavy atom. The molecule has 4 heteroatoms. The molecule has 2 nitrogen and oxygen atoms in total. The Morgan fingerprint density at radius 3 is 1.67 bits per heavy atom. The van der Waals surface area contributed by atoms with Crippen molar-refractivity contribution >= 4 is 65.1 Å². The van der Waals surface area contributed by atoms with Crippen molar-refractivity contribution in [3.63, 3.8) is 0 Å². The fourth-order valence-electron chi connectivity index (χ4n) is 1.09. The molecule has 12 heavy (non-hydrogen) atoms. The maximum atomic E-state index is 10.5. The fourth-order valence-corrected chi connectivity index (χ4v) is 1.09. The fraction of sp³-hybridized carbons (Fsp3) is 0.875. The zero-order valence-electron chi connectivity index (χ0n) is 6.76. The number of hydrogen-bond donors (Lipinski definition) is 1. The van der Waals surface area contributed by atoms with Crippen LogP contribution in [0.4, 0.5) is 0 Å². The standard InChI is InChI=1S/C8H16O2.2Na.2H/c1-3-5-7(6-4-2)8(9)10;;;;/h7H,3-6H2,1-2H3,(H,9,10);;;;. The van der Waals surface area contributed by atoms with Crippen LogP contribution in [0.15, 0.2) is 0 Å². The van der Waals surface area contributed by atoms with Gasteiger partial charge in [-0.1, -0.05) is 26.7 Å². The number of rotatable bonds is 5. The first-order valence-corrected chi connectivity index (χ1v) is 3.95. The van der Waals surface area contributed by atoms with Gasteiger partial charge in [-0.15, -0.1) is 0 Å². The van der Waals surface area contributed by atoms with Gasteiger partial charge in [0.2, 0.25) is 0 Å². The number of hydrogen-bond acceptors (Lipinski definition) is 1. The van der Waals surface area contributed by atoms with Crippen LogP contribution in [0.5, 0.6) is 0 Å². The molecule has 0 radical (unpaired) electrons. The van der Waals surface area contributed by atoms with Crippen molar-refractivity contribution in [2.24, 2.45) is 5.92 Å². The van der Waals surface area contributed by atoms with Gasteiger partial charge in [-0.25, -0.2) is 0 Å². The molecule has 0 aromatic carbocycles. The van der Waals surface area contributed by atoms with Gasteiger partial charge in [0.1, 0.15) is 0 Å². The predicted octanol–water partition coefficient (Wildman–Crippen LogP) is 0.990. The zero-order chi connectivity index (χ0) is 7.98. The van der Waals surface area contributed by atoms with Gasteiger partial charge in [-0.2, -0.15) is 0 Å². The van der Waals surface area contributed by atoms with E-state index < -0.39 is 5.97 Å². The SMILES string of the molecule is CCCC(CCC)C(=O)O.[NaH].[NaH]. The molecule has 0 aliphatic rings. The second-order valence-electron chi connectivity index (χ2n) is 2.61. The third-order valence-electron chi connectivity index (χ3n) is 1.62. The van der Waals surface area contributed by atoms with Crippen molar-refractivity contribution in [3.8, 4) is 0 Å². The minimum atomic E-state index is -0.635. The molecule has 0 aliphatic heterocycles. The van der Waals surface area contributed by atoms with Crippen LogP contribution >= 0.6 is 0 Å². The maximum absolute atomic E-state index is 10.5. The average Bonchev–Trinajstić information content (AvgIpc) is 1.87. The minimum absolute atomic E-state index is 0. The van der Waals surface area contributed by atoms with E-state index in [0.717, 1.165) is 25.7 Å². The molecule has 0 saturated carbocycles. The van der Waals surface area contributed by atoms with E-state index in [9.17, 15) is 4.79 Å². The third kappa shape index (κ3) is 9.56. The number of aliphatic carboxylic acids is 1. The summed E-state index contributed by atoms with van der Waals surface area (Å²) < 4.78 is 0. The van der Waals surface area contributed by atoms with Crippen molar-refractivity contribution in [3.05, 3.63) is 0 Å². The molecule has 0 aliphatic carbocycles. The predicted molar refractivity (Wildman–Crippen MR) is 55.2 cm³/mol. The summed E-state index contributed by atoms with van der Waals surface area (Å²) in [6.07, 6.45) is 3.58. The Kier molecular flexibility index (Phi) is 19.9. The molecule has 0 amide bonds. The van der Waals surface area contributed by atoms with Crippen molar-refractivity contribution in [2.45, 2.75) is 39.5 Å². The van der Waals surface area contributed by atoms with Gasteiger partial charge >= 0.3 is 65.1 Å². The summed E-state index contributed by atoms with van der Waals surface area (Å²) in [5, 5.41) is 8.64.